The van der Waals surface area contributed by atoms with Crippen LogP contribution in [-0.4, -0.2) is 18.9 Å². The highest BCUT2D eigenvalue weighted by Crippen LogP contribution is 1.98. The molecule has 0 aromatic rings. The zero-order valence-corrected chi connectivity index (χ0v) is 5.71. The average Bonchev–Trinajstić information content (AvgIpc) is 1.87. The summed E-state index contributed by atoms with van der Waals surface area (Å²) in [4.78, 5) is 10.1. The second-order valence-electron chi connectivity index (χ2n) is 2.34. The second kappa shape index (κ2) is 4.47. The first-order valence-electron chi connectivity index (χ1n) is 3.11. The number of hydrogen-bond donors (Lipinski definition) is 2. The van der Waals surface area contributed by atoms with E-state index in [2.05, 4.69) is 0 Å². The lowest BCUT2D eigenvalue weighted by Gasteiger charge is -2.08. The summed E-state index contributed by atoms with van der Waals surface area (Å²) >= 11 is 0. The van der Waals surface area contributed by atoms with Gasteiger partial charge in [-0.2, -0.15) is 0 Å². The maximum Gasteiger partial charge on any atom is 0.122 e. The predicted octanol–water partition coefficient (Wildman–Crippen LogP) is -0.502. The summed E-state index contributed by atoms with van der Waals surface area (Å²) < 4.78 is 0. The third-order valence-electron chi connectivity index (χ3n) is 1.21. The first-order valence-corrected chi connectivity index (χ1v) is 3.11. The predicted molar refractivity (Wildman–Crippen MR) is 36.9 cm³/mol. The van der Waals surface area contributed by atoms with Crippen LogP contribution >= 0.6 is 0 Å². The van der Waals surface area contributed by atoms with E-state index in [9.17, 15) is 4.79 Å². The Labute approximate surface area is 55.4 Å². The monoisotopic (exact) mass is 130 g/mol. The normalized spacial score (nSPS) is 16.8. The van der Waals surface area contributed by atoms with Gasteiger partial charge in [-0.15, -0.1) is 0 Å². The Kier molecular flexibility index (Phi) is 4.26. The molecule has 3 heteroatoms. The van der Waals surface area contributed by atoms with Gasteiger partial charge in [-0.25, -0.2) is 0 Å². The summed E-state index contributed by atoms with van der Waals surface area (Å²) in [5.41, 5.74) is 10.7. The van der Waals surface area contributed by atoms with Crippen molar-refractivity contribution in [3.05, 3.63) is 0 Å². The first kappa shape index (κ1) is 8.59. The molecule has 0 aromatic heterocycles. The van der Waals surface area contributed by atoms with Gasteiger partial charge in [0, 0.05) is 18.5 Å². The van der Waals surface area contributed by atoms with Gasteiger partial charge in [-0.05, 0) is 6.42 Å². The van der Waals surface area contributed by atoms with Crippen LogP contribution < -0.4 is 11.5 Å². The second-order valence-corrected chi connectivity index (χ2v) is 2.34. The maximum absolute atomic E-state index is 10.1. The lowest BCUT2D eigenvalue weighted by molar-refractivity contribution is -0.110. The minimum atomic E-state index is -0.0230. The van der Waals surface area contributed by atoms with Crippen molar-refractivity contribution in [3.63, 3.8) is 0 Å². The molecule has 0 radical (unpaired) electrons. The largest absolute Gasteiger partial charge is 0.329 e. The SMILES string of the molecule is C[C@H](C=O)C[C@H](N)CN. The third-order valence-corrected chi connectivity index (χ3v) is 1.21. The Morgan fingerprint density at radius 3 is 2.56 bits per heavy atom. The van der Waals surface area contributed by atoms with Gasteiger partial charge >= 0.3 is 0 Å². The Hall–Kier alpha value is -0.410. The number of rotatable bonds is 4. The molecule has 0 aromatic carbocycles. The highest BCUT2D eigenvalue weighted by molar-refractivity contribution is 5.52. The van der Waals surface area contributed by atoms with E-state index in [1.807, 2.05) is 6.92 Å². The number of carbonyl (C=O) groups is 1. The van der Waals surface area contributed by atoms with Crippen molar-refractivity contribution in [3.8, 4) is 0 Å². The summed E-state index contributed by atoms with van der Waals surface area (Å²) in [7, 11) is 0. The molecule has 0 fully saturated rings. The molecule has 0 heterocycles. The molecule has 3 nitrogen and oxygen atoms in total. The van der Waals surface area contributed by atoms with Crippen LogP contribution in [-0.2, 0) is 4.79 Å². The van der Waals surface area contributed by atoms with E-state index in [0.717, 1.165) is 6.29 Å². The van der Waals surface area contributed by atoms with Crippen LogP contribution in [0.4, 0.5) is 0 Å². The molecule has 0 bridgehead atoms. The van der Waals surface area contributed by atoms with Crippen molar-refractivity contribution in [1.29, 1.82) is 0 Å². The summed E-state index contributed by atoms with van der Waals surface area (Å²) in [5.74, 6) is 0.0450. The van der Waals surface area contributed by atoms with E-state index < -0.39 is 0 Å². The van der Waals surface area contributed by atoms with Gasteiger partial charge < -0.3 is 16.3 Å². The Morgan fingerprint density at radius 1 is 1.67 bits per heavy atom. The molecule has 0 aliphatic rings. The van der Waals surface area contributed by atoms with E-state index in [4.69, 9.17) is 11.5 Å². The molecule has 0 unspecified atom stereocenters. The minimum Gasteiger partial charge on any atom is -0.329 e. The van der Waals surface area contributed by atoms with Crippen molar-refractivity contribution < 1.29 is 4.79 Å². The average molecular weight is 130 g/mol. The van der Waals surface area contributed by atoms with Gasteiger partial charge in [-0.1, -0.05) is 6.92 Å². The van der Waals surface area contributed by atoms with Crippen LogP contribution in [0.25, 0.3) is 0 Å². The maximum atomic E-state index is 10.1. The lowest BCUT2D eigenvalue weighted by atomic mass is 10.0. The molecule has 0 saturated carbocycles. The van der Waals surface area contributed by atoms with Crippen LogP contribution in [0.2, 0.25) is 0 Å². The van der Waals surface area contributed by atoms with Gasteiger partial charge in [0.25, 0.3) is 0 Å². The topological polar surface area (TPSA) is 69.1 Å². The number of carbonyl (C=O) groups excluding carboxylic acids is 1. The molecule has 0 spiro atoms. The van der Waals surface area contributed by atoms with Crippen molar-refractivity contribution in [2.45, 2.75) is 19.4 Å². The molecule has 0 saturated heterocycles. The van der Waals surface area contributed by atoms with Gasteiger partial charge in [0.15, 0.2) is 0 Å². The Balaban J connectivity index is 3.33. The number of nitrogens with two attached hydrogens (primary N) is 2. The van der Waals surface area contributed by atoms with Crippen molar-refractivity contribution in [2.24, 2.45) is 17.4 Å². The lowest BCUT2D eigenvalue weighted by Crippen LogP contribution is -2.31. The van der Waals surface area contributed by atoms with Crippen LogP contribution in [0.3, 0.4) is 0 Å². The molecule has 0 aliphatic heterocycles. The molecule has 54 valence electrons. The van der Waals surface area contributed by atoms with Crippen LogP contribution in [0.1, 0.15) is 13.3 Å². The van der Waals surface area contributed by atoms with E-state index in [1.165, 1.54) is 0 Å². The molecular formula is C6H14N2O. The zero-order valence-electron chi connectivity index (χ0n) is 5.71. The molecule has 0 rings (SSSR count). The molecule has 4 N–H and O–H groups in total. The zero-order chi connectivity index (χ0) is 7.28. The fraction of sp³-hybridized carbons (Fsp3) is 0.833. The quantitative estimate of drug-likeness (QED) is 0.504. The molecule has 0 amide bonds. The summed E-state index contributed by atoms with van der Waals surface area (Å²) in [6.45, 7) is 2.29. The van der Waals surface area contributed by atoms with Gasteiger partial charge in [0.05, 0.1) is 0 Å². The van der Waals surface area contributed by atoms with Crippen molar-refractivity contribution in [1.82, 2.24) is 0 Å². The summed E-state index contributed by atoms with van der Waals surface area (Å²) in [6, 6.07) is -0.0230. The van der Waals surface area contributed by atoms with Crippen molar-refractivity contribution >= 4 is 6.29 Å². The molecular weight excluding hydrogens is 116 g/mol. The highest BCUT2D eigenvalue weighted by atomic mass is 16.1. The fourth-order valence-electron chi connectivity index (χ4n) is 0.629. The summed E-state index contributed by atoms with van der Waals surface area (Å²) in [6.07, 6.45) is 1.59. The third kappa shape index (κ3) is 4.12. The van der Waals surface area contributed by atoms with E-state index >= 15 is 0 Å². The fourth-order valence-corrected chi connectivity index (χ4v) is 0.629. The van der Waals surface area contributed by atoms with Crippen molar-refractivity contribution in [2.75, 3.05) is 6.54 Å². The number of aldehydes is 1. The Morgan fingerprint density at radius 2 is 2.22 bits per heavy atom. The molecule has 9 heavy (non-hydrogen) atoms. The summed E-state index contributed by atoms with van der Waals surface area (Å²) in [5, 5.41) is 0. The van der Waals surface area contributed by atoms with E-state index in [-0.39, 0.29) is 12.0 Å². The van der Waals surface area contributed by atoms with E-state index in [1.54, 1.807) is 0 Å². The minimum absolute atomic E-state index is 0.0230. The van der Waals surface area contributed by atoms with E-state index in [0.29, 0.717) is 13.0 Å². The Bertz CT molecular complexity index is 85.1. The standard InChI is InChI=1S/C6H14N2O/c1-5(4-9)2-6(8)3-7/h4-6H,2-3,7-8H2,1H3/t5-,6-/m0/s1. The molecule has 2 atom stereocenters. The molecule has 0 aliphatic carbocycles. The van der Waals surface area contributed by atoms with Gasteiger partial charge in [0.2, 0.25) is 0 Å². The van der Waals surface area contributed by atoms with Crippen LogP contribution in [0, 0.1) is 5.92 Å². The first-order chi connectivity index (χ1) is 4.20. The smallest absolute Gasteiger partial charge is 0.122 e. The number of hydrogen-bond acceptors (Lipinski definition) is 3. The van der Waals surface area contributed by atoms with Gasteiger partial charge in [0.1, 0.15) is 6.29 Å². The van der Waals surface area contributed by atoms with Crippen LogP contribution in [0.15, 0.2) is 0 Å². The highest BCUT2D eigenvalue weighted by Gasteiger charge is 2.04. The van der Waals surface area contributed by atoms with Crippen LogP contribution in [0.5, 0.6) is 0 Å². The van der Waals surface area contributed by atoms with Gasteiger partial charge in [-0.3, -0.25) is 0 Å².